The molecule has 168 valence electrons. The standard InChI is InChI=1S/C28H38O2S/c1-28(13-12-21-6-2-5-9-25(21)17-28)30-27(29)19-31-18-20-10-11-24-15-22-7-3-4-8-23(22)16-26(24)14-20/h3-4,8,14,16,21-22,24-25H,2,5-7,9-13,15,17-19H2,1H3. The molecule has 5 unspecified atom stereocenters. The van der Waals surface area contributed by atoms with Crippen LogP contribution < -0.4 is 0 Å². The maximum absolute atomic E-state index is 12.6. The fourth-order valence-electron chi connectivity index (χ4n) is 6.85. The zero-order valence-electron chi connectivity index (χ0n) is 19.1. The lowest BCUT2D eigenvalue weighted by atomic mass is 9.66. The van der Waals surface area contributed by atoms with E-state index in [1.54, 1.807) is 11.8 Å². The molecule has 5 atom stereocenters. The van der Waals surface area contributed by atoms with Crippen LogP contribution in [0, 0.1) is 23.7 Å². The zero-order chi connectivity index (χ0) is 21.3. The average molecular weight is 439 g/mol. The molecule has 0 aromatic heterocycles. The van der Waals surface area contributed by atoms with Crippen molar-refractivity contribution in [1.82, 2.24) is 0 Å². The molecule has 31 heavy (non-hydrogen) atoms. The van der Waals surface area contributed by atoms with Crippen LogP contribution in [0.15, 0.2) is 47.1 Å². The largest absolute Gasteiger partial charge is 0.459 e. The van der Waals surface area contributed by atoms with E-state index in [9.17, 15) is 4.79 Å². The lowest BCUT2D eigenvalue weighted by Gasteiger charge is -2.44. The van der Waals surface area contributed by atoms with Gasteiger partial charge in [0.05, 0.1) is 5.75 Å². The van der Waals surface area contributed by atoms with E-state index in [1.807, 2.05) is 0 Å². The van der Waals surface area contributed by atoms with E-state index in [-0.39, 0.29) is 11.6 Å². The molecule has 0 spiro atoms. The van der Waals surface area contributed by atoms with Gasteiger partial charge in [-0.2, -0.15) is 0 Å². The number of carbonyl (C=O) groups is 1. The first-order chi connectivity index (χ1) is 15.1. The predicted molar refractivity (Wildman–Crippen MR) is 130 cm³/mol. The lowest BCUT2D eigenvalue weighted by Crippen LogP contribution is -2.42. The Hall–Kier alpha value is -1.22. The van der Waals surface area contributed by atoms with Crippen molar-refractivity contribution in [1.29, 1.82) is 0 Å². The Morgan fingerprint density at radius 2 is 1.97 bits per heavy atom. The van der Waals surface area contributed by atoms with E-state index in [0.29, 0.717) is 5.75 Å². The van der Waals surface area contributed by atoms with E-state index in [0.717, 1.165) is 42.3 Å². The van der Waals surface area contributed by atoms with Crippen molar-refractivity contribution in [3.05, 3.63) is 47.1 Å². The van der Waals surface area contributed by atoms with Gasteiger partial charge < -0.3 is 4.74 Å². The first-order valence-electron chi connectivity index (χ1n) is 12.7. The second kappa shape index (κ2) is 9.33. The summed E-state index contributed by atoms with van der Waals surface area (Å²) in [5, 5.41) is 0. The van der Waals surface area contributed by atoms with Crippen LogP contribution in [0.25, 0.3) is 0 Å². The number of hydrogen-bond acceptors (Lipinski definition) is 3. The molecule has 0 aromatic carbocycles. The lowest BCUT2D eigenvalue weighted by molar-refractivity contribution is -0.161. The van der Waals surface area contributed by atoms with Gasteiger partial charge in [-0.1, -0.05) is 61.6 Å². The van der Waals surface area contributed by atoms with E-state index in [4.69, 9.17) is 4.74 Å². The van der Waals surface area contributed by atoms with Crippen LogP contribution in [0.2, 0.25) is 0 Å². The molecule has 0 aromatic rings. The first-order valence-corrected chi connectivity index (χ1v) is 13.8. The SMILES string of the molecule is CC1(OC(=O)CSCC2=CC3=CC4=CC=CCC4CC3CC2)CCC2CCCCC2C1. The highest BCUT2D eigenvalue weighted by atomic mass is 32.2. The smallest absolute Gasteiger partial charge is 0.316 e. The van der Waals surface area contributed by atoms with Crippen molar-refractivity contribution in [3.8, 4) is 0 Å². The highest BCUT2D eigenvalue weighted by Crippen LogP contribution is 2.46. The molecule has 0 saturated heterocycles. The molecule has 0 aliphatic heterocycles. The maximum Gasteiger partial charge on any atom is 0.316 e. The summed E-state index contributed by atoms with van der Waals surface area (Å²) in [6, 6.07) is 0. The molecule has 5 rings (SSSR count). The van der Waals surface area contributed by atoms with Crippen LogP contribution >= 0.6 is 11.8 Å². The molecule has 5 aliphatic carbocycles. The van der Waals surface area contributed by atoms with Gasteiger partial charge in [0.15, 0.2) is 0 Å². The Morgan fingerprint density at radius 3 is 2.87 bits per heavy atom. The second-order valence-electron chi connectivity index (χ2n) is 10.9. The zero-order valence-corrected chi connectivity index (χ0v) is 19.9. The highest BCUT2D eigenvalue weighted by molar-refractivity contribution is 8.00. The molecule has 0 radical (unpaired) electrons. The molecule has 5 aliphatic rings. The first kappa shape index (κ1) is 21.6. The number of ether oxygens (including phenoxy) is 1. The fraction of sp³-hybridized carbons (Fsp3) is 0.679. The third kappa shape index (κ3) is 5.07. The third-order valence-corrected chi connectivity index (χ3v) is 9.56. The Balaban J connectivity index is 1.11. The summed E-state index contributed by atoms with van der Waals surface area (Å²) < 4.78 is 6.06. The Bertz CT molecular complexity index is 819. The maximum atomic E-state index is 12.6. The number of carbonyl (C=O) groups excluding carboxylic acids is 1. The van der Waals surface area contributed by atoms with Gasteiger partial charge in [-0.25, -0.2) is 0 Å². The van der Waals surface area contributed by atoms with Gasteiger partial charge in [0.25, 0.3) is 0 Å². The minimum absolute atomic E-state index is 0.00471. The summed E-state index contributed by atoms with van der Waals surface area (Å²) in [4.78, 5) is 12.6. The molecule has 2 saturated carbocycles. The molecule has 3 heteroatoms. The Morgan fingerprint density at radius 1 is 1.10 bits per heavy atom. The fourth-order valence-corrected chi connectivity index (χ4v) is 7.67. The van der Waals surface area contributed by atoms with Crippen LogP contribution in [-0.4, -0.2) is 23.1 Å². The van der Waals surface area contributed by atoms with Crippen molar-refractivity contribution in [3.63, 3.8) is 0 Å². The van der Waals surface area contributed by atoms with Gasteiger partial charge in [0.2, 0.25) is 0 Å². The normalized spacial score (nSPS) is 36.9. The van der Waals surface area contributed by atoms with Gasteiger partial charge in [-0.05, 0) is 86.7 Å². The molecule has 0 bridgehead atoms. The molecule has 2 fully saturated rings. The molecular formula is C28H38O2S. The number of fused-ring (bicyclic) bond motifs is 3. The van der Waals surface area contributed by atoms with E-state index >= 15 is 0 Å². The number of allylic oxidation sites excluding steroid dienone is 7. The van der Waals surface area contributed by atoms with Crippen LogP contribution in [0.3, 0.4) is 0 Å². The average Bonchev–Trinajstić information content (AvgIpc) is 2.77. The number of thioether (sulfide) groups is 1. The van der Waals surface area contributed by atoms with Crippen LogP contribution in [-0.2, 0) is 9.53 Å². The number of esters is 1. The van der Waals surface area contributed by atoms with E-state index in [1.165, 1.54) is 74.5 Å². The molecule has 0 N–H and O–H groups in total. The number of rotatable bonds is 5. The predicted octanol–water partition coefficient (Wildman–Crippen LogP) is 7.18. The van der Waals surface area contributed by atoms with Crippen molar-refractivity contribution >= 4 is 17.7 Å². The van der Waals surface area contributed by atoms with Gasteiger partial charge in [-0.15, -0.1) is 11.8 Å². The van der Waals surface area contributed by atoms with Crippen LogP contribution in [0.1, 0.15) is 77.6 Å². The van der Waals surface area contributed by atoms with Crippen molar-refractivity contribution in [2.45, 2.75) is 83.2 Å². The van der Waals surface area contributed by atoms with Gasteiger partial charge in [-0.3, -0.25) is 4.79 Å². The quantitative estimate of drug-likeness (QED) is 0.425. The minimum atomic E-state index is -0.223. The summed E-state index contributed by atoms with van der Waals surface area (Å²) in [6.07, 6.45) is 25.6. The van der Waals surface area contributed by atoms with Crippen LogP contribution in [0.5, 0.6) is 0 Å². The van der Waals surface area contributed by atoms with Gasteiger partial charge in [0, 0.05) is 5.75 Å². The monoisotopic (exact) mass is 438 g/mol. The summed E-state index contributed by atoms with van der Waals surface area (Å²) in [7, 11) is 0. The van der Waals surface area contributed by atoms with Crippen molar-refractivity contribution < 1.29 is 9.53 Å². The van der Waals surface area contributed by atoms with Crippen molar-refractivity contribution in [2.75, 3.05) is 11.5 Å². The highest BCUT2D eigenvalue weighted by Gasteiger charge is 2.41. The summed E-state index contributed by atoms with van der Waals surface area (Å²) in [6.45, 7) is 2.18. The molecule has 2 nitrogen and oxygen atoms in total. The Kier molecular flexibility index (Phi) is 6.51. The van der Waals surface area contributed by atoms with Crippen LogP contribution in [0.4, 0.5) is 0 Å². The van der Waals surface area contributed by atoms with E-state index < -0.39 is 0 Å². The topological polar surface area (TPSA) is 26.3 Å². The second-order valence-corrected chi connectivity index (χ2v) is 11.9. The summed E-state index contributed by atoms with van der Waals surface area (Å²) >= 11 is 1.74. The minimum Gasteiger partial charge on any atom is -0.459 e. The Labute approximate surface area is 192 Å². The van der Waals surface area contributed by atoms with E-state index in [2.05, 4.69) is 37.3 Å². The summed E-state index contributed by atoms with van der Waals surface area (Å²) in [5.41, 5.74) is 4.32. The van der Waals surface area contributed by atoms with Gasteiger partial charge >= 0.3 is 5.97 Å². The molecule has 0 amide bonds. The molecule has 0 heterocycles. The number of hydrogen-bond donors (Lipinski definition) is 0. The molecular weight excluding hydrogens is 400 g/mol. The van der Waals surface area contributed by atoms with Crippen molar-refractivity contribution in [2.24, 2.45) is 23.7 Å². The third-order valence-electron chi connectivity index (χ3n) is 8.55. The van der Waals surface area contributed by atoms with Gasteiger partial charge in [0.1, 0.15) is 5.60 Å². The summed E-state index contributed by atoms with van der Waals surface area (Å²) in [5.74, 6) is 4.60.